The highest BCUT2D eigenvalue weighted by Gasteiger charge is 2.46. The van der Waals surface area contributed by atoms with Crippen LogP contribution >= 0.6 is 0 Å². The zero-order valence-corrected chi connectivity index (χ0v) is 15.4. The van der Waals surface area contributed by atoms with E-state index in [9.17, 15) is 29.8 Å². The third kappa shape index (κ3) is 3.46. The molecule has 0 radical (unpaired) electrons. The van der Waals surface area contributed by atoms with Crippen molar-refractivity contribution in [1.29, 1.82) is 0 Å². The van der Waals surface area contributed by atoms with Crippen LogP contribution in [0.25, 0.3) is 0 Å². The van der Waals surface area contributed by atoms with Crippen LogP contribution < -0.4 is 5.56 Å². The molecule has 0 saturated heterocycles. The number of nitro groups is 2. The fourth-order valence-corrected chi connectivity index (χ4v) is 2.87. The molecule has 0 aliphatic rings. The summed E-state index contributed by atoms with van der Waals surface area (Å²) in [5, 5.41) is 26.2. The lowest BCUT2D eigenvalue weighted by Gasteiger charge is -2.27. The van der Waals surface area contributed by atoms with Gasteiger partial charge in [-0.3, -0.25) is 29.8 Å². The number of hydrogen-bond donors (Lipinski definition) is 0. The second-order valence-electron chi connectivity index (χ2n) is 5.93. The molecule has 0 fully saturated rings. The Hall–Kier alpha value is -3.63. The van der Waals surface area contributed by atoms with Gasteiger partial charge in [0, 0.05) is 18.7 Å². The van der Waals surface area contributed by atoms with E-state index in [4.69, 9.17) is 4.74 Å². The predicted molar refractivity (Wildman–Crippen MR) is 97.0 cm³/mol. The first kappa shape index (κ1) is 20.7. The van der Waals surface area contributed by atoms with Crippen LogP contribution in [-0.4, -0.2) is 32.2 Å². The summed E-state index contributed by atoms with van der Waals surface area (Å²) in [6.45, 7) is 4.60. The van der Waals surface area contributed by atoms with Crippen LogP contribution in [0.2, 0.25) is 0 Å². The molecule has 11 heteroatoms. The molecule has 0 N–H and O–H groups in total. The van der Waals surface area contributed by atoms with Crippen molar-refractivity contribution in [3.05, 3.63) is 72.2 Å². The van der Waals surface area contributed by atoms with Crippen molar-refractivity contribution in [3.8, 4) is 0 Å². The van der Waals surface area contributed by atoms with E-state index >= 15 is 0 Å². The van der Waals surface area contributed by atoms with Gasteiger partial charge in [0.05, 0.1) is 16.5 Å². The molecule has 0 saturated carbocycles. The molecule has 1 aromatic carbocycles. The largest absolute Gasteiger partial charge is 0.465 e. The van der Waals surface area contributed by atoms with Crippen molar-refractivity contribution in [1.82, 2.24) is 9.78 Å². The maximum atomic E-state index is 12.9. The molecule has 1 atom stereocenters. The van der Waals surface area contributed by atoms with Crippen LogP contribution in [0.3, 0.4) is 0 Å². The Bertz CT molecular complexity index is 984. The summed E-state index contributed by atoms with van der Waals surface area (Å²) in [5.74, 6) is -0.891. The highest BCUT2D eigenvalue weighted by atomic mass is 16.6. The first-order valence-corrected chi connectivity index (χ1v) is 8.35. The van der Waals surface area contributed by atoms with Crippen molar-refractivity contribution in [2.75, 3.05) is 6.61 Å². The predicted octanol–water partition coefficient (Wildman–Crippen LogP) is 1.95. The summed E-state index contributed by atoms with van der Waals surface area (Å²) in [7, 11) is 0. The number of aryl methyl sites for hydroxylation is 1. The van der Waals surface area contributed by atoms with Gasteiger partial charge in [0.2, 0.25) is 0 Å². The quantitative estimate of drug-likeness (QED) is 0.396. The zero-order chi connectivity index (χ0) is 21.1. The standard InChI is InChI=1S/C17H18N4O7/c1-4-19-15(22)14(13(10-18-19)21(26)27)17(3,16(23)28-5-2)11-6-8-12(9-7-11)20(24)25/h6-10H,4-5H2,1-3H3. The summed E-state index contributed by atoms with van der Waals surface area (Å²) in [6, 6.07) is 4.85. The number of carbonyl (C=O) groups excluding carboxylic acids is 1. The van der Waals surface area contributed by atoms with Gasteiger partial charge in [-0.1, -0.05) is 12.1 Å². The number of ether oxygens (including phenoxy) is 1. The van der Waals surface area contributed by atoms with Crippen LogP contribution in [0.1, 0.15) is 31.9 Å². The Labute approximate surface area is 158 Å². The number of nitro benzene ring substituents is 1. The third-order valence-corrected chi connectivity index (χ3v) is 4.36. The maximum absolute atomic E-state index is 12.9. The molecule has 0 aliphatic carbocycles. The number of nitrogens with zero attached hydrogens (tertiary/aromatic N) is 4. The molecule has 11 nitrogen and oxygen atoms in total. The Balaban J connectivity index is 2.88. The molecule has 1 heterocycles. The highest BCUT2D eigenvalue weighted by molar-refractivity contribution is 5.88. The number of aromatic nitrogens is 2. The van der Waals surface area contributed by atoms with Crippen LogP contribution in [0.4, 0.5) is 11.4 Å². The molecular formula is C17H18N4O7. The van der Waals surface area contributed by atoms with E-state index in [0.717, 1.165) is 23.0 Å². The van der Waals surface area contributed by atoms with E-state index in [1.807, 2.05) is 0 Å². The molecule has 1 aromatic heterocycles. The first-order valence-electron chi connectivity index (χ1n) is 8.35. The fourth-order valence-electron chi connectivity index (χ4n) is 2.87. The van der Waals surface area contributed by atoms with Gasteiger partial charge in [-0.05, 0) is 26.3 Å². The Morgan fingerprint density at radius 2 is 1.79 bits per heavy atom. The average molecular weight is 390 g/mol. The summed E-state index contributed by atoms with van der Waals surface area (Å²) in [6.07, 6.45) is 0.906. The summed E-state index contributed by atoms with van der Waals surface area (Å²) < 4.78 is 6.08. The fraction of sp³-hybridized carbons (Fsp3) is 0.353. The second kappa shape index (κ2) is 7.94. The SMILES string of the molecule is CCOC(=O)C(C)(c1ccc([N+](=O)[O-])cc1)c1c([N+](=O)[O-])cnn(CC)c1=O. The smallest absolute Gasteiger partial charge is 0.321 e. The lowest BCUT2D eigenvalue weighted by Crippen LogP contribution is -2.43. The average Bonchev–Trinajstić information content (AvgIpc) is 2.67. The Kier molecular flexibility index (Phi) is 5.87. The van der Waals surface area contributed by atoms with Crippen LogP contribution in [-0.2, 0) is 21.5 Å². The normalized spacial score (nSPS) is 12.8. The molecule has 2 aromatic rings. The van der Waals surface area contributed by atoms with Crippen molar-refractivity contribution in [2.24, 2.45) is 0 Å². The van der Waals surface area contributed by atoms with Crippen molar-refractivity contribution >= 4 is 17.3 Å². The Morgan fingerprint density at radius 1 is 1.18 bits per heavy atom. The topological polar surface area (TPSA) is 147 Å². The van der Waals surface area contributed by atoms with Crippen molar-refractivity contribution in [2.45, 2.75) is 32.7 Å². The number of esters is 1. The third-order valence-electron chi connectivity index (χ3n) is 4.36. The van der Waals surface area contributed by atoms with E-state index in [1.165, 1.54) is 19.1 Å². The lowest BCUT2D eigenvalue weighted by molar-refractivity contribution is -0.386. The number of rotatable bonds is 7. The van der Waals surface area contributed by atoms with Crippen LogP contribution in [0, 0.1) is 20.2 Å². The number of benzene rings is 1. The molecule has 0 amide bonds. The summed E-state index contributed by atoms with van der Waals surface area (Å²) in [5.41, 5.74) is -3.82. The van der Waals surface area contributed by atoms with Gasteiger partial charge < -0.3 is 4.74 Å². The Morgan fingerprint density at radius 3 is 2.25 bits per heavy atom. The van der Waals surface area contributed by atoms with Crippen molar-refractivity contribution in [3.63, 3.8) is 0 Å². The van der Waals surface area contributed by atoms with E-state index in [2.05, 4.69) is 5.10 Å². The van der Waals surface area contributed by atoms with Gasteiger partial charge in [-0.2, -0.15) is 5.10 Å². The molecule has 0 aliphatic heterocycles. The zero-order valence-electron chi connectivity index (χ0n) is 15.4. The molecule has 2 rings (SSSR count). The van der Waals surface area contributed by atoms with Gasteiger partial charge in [-0.25, -0.2) is 4.68 Å². The second-order valence-corrected chi connectivity index (χ2v) is 5.93. The van der Waals surface area contributed by atoms with Gasteiger partial charge in [0.15, 0.2) is 0 Å². The minimum Gasteiger partial charge on any atom is -0.465 e. The monoisotopic (exact) mass is 390 g/mol. The number of carbonyl (C=O) groups is 1. The van der Waals surface area contributed by atoms with E-state index in [0.29, 0.717) is 0 Å². The van der Waals surface area contributed by atoms with Gasteiger partial charge >= 0.3 is 5.97 Å². The van der Waals surface area contributed by atoms with E-state index < -0.39 is 38.0 Å². The molecule has 28 heavy (non-hydrogen) atoms. The lowest BCUT2D eigenvalue weighted by atomic mass is 9.76. The molecule has 148 valence electrons. The molecule has 0 spiro atoms. The summed E-state index contributed by atoms with van der Waals surface area (Å²) in [4.78, 5) is 46.8. The summed E-state index contributed by atoms with van der Waals surface area (Å²) >= 11 is 0. The minimum atomic E-state index is -1.87. The molecular weight excluding hydrogens is 372 g/mol. The van der Waals surface area contributed by atoms with E-state index in [-0.39, 0.29) is 24.4 Å². The number of hydrogen-bond acceptors (Lipinski definition) is 8. The molecule has 0 bridgehead atoms. The minimum absolute atomic E-state index is 0.0255. The van der Waals surface area contributed by atoms with Crippen LogP contribution in [0.5, 0.6) is 0 Å². The van der Waals surface area contributed by atoms with Crippen molar-refractivity contribution < 1.29 is 19.4 Å². The maximum Gasteiger partial charge on any atom is 0.321 e. The van der Waals surface area contributed by atoms with Gasteiger partial charge in [-0.15, -0.1) is 0 Å². The van der Waals surface area contributed by atoms with Crippen LogP contribution in [0.15, 0.2) is 35.3 Å². The van der Waals surface area contributed by atoms with Gasteiger partial charge in [0.1, 0.15) is 17.2 Å². The number of non-ortho nitro benzene ring substituents is 1. The first-order chi connectivity index (χ1) is 13.2. The van der Waals surface area contributed by atoms with E-state index in [1.54, 1.807) is 13.8 Å². The van der Waals surface area contributed by atoms with Gasteiger partial charge in [0.25, 0.3) is 16.9 Å². The molecule has 1 unspecified atom stereocenters. The highest BCUT2D eigenvalue weighted by Crippen LogP contribution is 2.37.